The van der Waals surface area contributed by atoms with E-state index in [1.165, 1.54) is 25.3 Å². The fraction of sp³-hybridized carbons (Fsp3) is 0.0800. The summed E-state index contributed by atoms with van der Waals surface area (Å²) in [4.78, 5) is 23.6. The van der Waals surface area contributed by atoms with E-state index in [9.17, 15) is 14.9 Å². The summed E-state index contributed by atoms with van der Waals surface area (Å²) in [5.74, 6) is -0.761. The SMILES string of the molecule is COc1cccc(/C=C(/C#N)C(=O)Nc2ccccc2)c1OCc1ccc(C(=O)O)cc1. The summed E-state index contributed by atoms with van der Waals surface area (Å²) in [5, 5.41) is 21.2. The quantitative estimate of drug-likeness (QED) is 0.403. The van der Waals surface area contributed by atoms with Gasteiger partial charge in [0.05, 0.1) is 12.7 Å². The fourth-order valence-corrected chi connectivity index (χ4v) is 2.88. The summed E-state index contributed by atoms with van der Waals surface area (Å²) in [7, 11) is 1.49. The number of amides is 1. The number of nitrogens with zero attached hydrogens (tertiary/aromatic N) is 1. The van der Waals surface area contributed by atoms with E-state index in [1.807, 2.05) is 12.1 Å². The van der Waals surface area contributed by atoms with Gasteiger partial charge in [-0.2, -0.15) is 5.26 Å². The van der Waals surface area contributed by atoms with E-state index < -0.39 is 11.9 Å². The summed E-state index contributed by atoms with van der Waals surface area (Å²) in [6.07, 6.45) is 1.43. The summed E-state index contributed by atoms with van der Waals surface area (Å²) in [5.41, 5.74) is 1.89. The molecule has 0 bridgehead atoms. The number of carbonyl (C=O) groups is 2. The first kappa shape index (κ1) is 22.1. The van der Waals surface area contributed by atoms with Crippen LogP contribution in [-0.4, -0.2) is 24.1 Å². The number of methoxy groups -OCH3 is 1. The highest BCUT2D eigenvalue weighted by Crippen LogP contribution is 2.33. The summed E-state index contributed by atoms with van der Waals surface area (Å²) in [6.45, 7) is 0.138. The van der Waals surface area contributed by atoms with E-state index in [-0.39, 0.29) is 17.7 Å². The van der Waals surface area contributed by atoms with E-state index in [0.29, 0.717) is 22.7 Å². The number of aromatic carboxylic acids is 1. The average molecular weight is 428 g/mol. The molecule has 2 N–H and O–H groups in total. The van der Waals surface area contributed by atoms with Gasteiger partial charge in [0.25, 0.3) is 5.91 Å². The van der Waals surface area contributed by atoms with Gasteiger partial charge in [-0.25, -0.2) is 4.79 Å². The lowest BCUT2D eigenvalue weighted by Gasteiger charge is -2.14. The Morgan fingerprint density at radius 3 is 2.38 bits per heavy atom. The monoisotopic (exact) mass is 428 g/mol. The number of benzene rings is 3. The molecule has 3 rings (SSSR count). The number of carboxylic acids is 1. The largest absolute Gasteiger partial charge is 0.493 e. The van der Waals surface area contributed by atoms with E-state index in [0.717, 1.165) is 5.56 Å². The maximum absolute atomic E-state index is 12.6. The standard InChI is InChI=1S/C25H20N2O5/c1-31-22-9-5-6-19(14-20(15-26)24(28)27-21-7-3-2-4-8-21)23(22)32-16-17-10-12-18(13-11-17)25(29)30/h2-14H,16H2,1H3,(H,27,28)(H,29,30)/b20-14-. The third-order valence-corrected chi connectivity index (χ3v) is 4.51. The molecule has 0 atom stereocenters. The van der Waals surface area contributed by atoms with Crippen LogP contribution in [0.3, 0.4) is 0 Å². The first-order valence-corrected chi connectivity index (χ1v) is 9.62. The molecule has 0 fully saturated rings. The van der Waals surface area contributed by atoms with Crippen molar-refractivity contribution in [2.24, 2.45) is 0 Å². The third-order valence-electron chi connectivity index (χ3n) is 4.51. The van der Waals surface area contributed by atoms with Crippen molar-refractivity contribution in [2.75, 3.05) is 12.4 Å². The van der Waals surface area contributed by atoms with Gasteiger partial charge in [-0.1, -0.05) is 42.5 Å². The molecular weight excluding hydrogens is 408 g/mol. The van der Waals surface area contributed by atoms with Gasteiger partial charge in [-0.15, -0.1) is 0 Å². The predicted molar refractivity (Wildman–Crippen MR) is 119 cm³/mol. The molecule has 0 aliphatic heterocycles. The second kappa shape index (κ2) is 10.5. The van der Waals surface area contributed by atoms with Gasteiger partial charge in [-0.05, 0) is 42.0 Å². The Labute approximate surface area is 185 Å². The first-order chi connectivity index (χ1) is 15.5. The molecule has 0 saturated heterocycles. The summed E-state index contributed by atoms with van der Waals surface area (Å²) < 4.78 is 11.3. The molecule has 0 saturated carbocycles. The van der Waals surface area contributed by atoms with E-state index >= 15 is 0 Å². The van der Waals surface area contributed by atoms with E-state index in [1.54, 1.807) is 54.6 Å². The Kier molecular flexibility index (Phi) is 7.23. The minimum Gasteiger partial charge on any atom is -0.493 e. The zero-order chi connectivity index (χ0) is 22.9. The van der Waals surface area contributed by atoms with Crippen molar-refractivity contribution >= 4 is 23.6 Å². The van der Waals surface area contributed by atoms with Crippen molar-refractivity contribution in [3.8, 4) is 17.6 Å². The van der Waals surface area contributed by atoms with Crippen LogP contribution >= 0.6 is 0 Å². The van der Waals surface area contributed by atoms with Gasteiger partial charge >= 0.3 is 5.97 Å². The molecule has 0 radical (unpaired) electrons. The lowest BCUT2D eigenvalue weighted by atomic mass is 10.1. The van der Waals surface area contributed by atoms with Crippen LogP contribution in [0.4, 0.5) is 5.69 Å². The van der Waals surface area contributed by atoms with E-state index in [2.05, 4.69) is 5.32 Å². The van der Waals surface area contributed by atoms with Crippen LogP contribution in [0.5, 0.6) is 11.5 Å². The molecule has 0 aromatic heterocycles. The number of anilines is 1. The fourth-order valence-electron chi connectivity index (χ4n) is 2.88. The number of nitrogens with one attached hydrogen (secondary N) is 1. The zero-order valence-corrected chi connectivity index (χ0v) is 17.2. The van der Waals surface area contributed by atoms with Crippen LogP contribution < -0.4 is 14.8 Å². The second-order valence-electron chi connectivity index (χ2n) is 6.66. The predicted octanol–water partition coefficient (Wildman–Crippen LogP) is 4.52. The number of nitriles is 1. The topological polar surface area (TPSA) is 109 Å². The maximum Gasteiger partial charge on any atom is 0.335 e. The Balaban J connectivity index is 1.85. The van der Waals surface area contributed by atoms with Crippen molar-refractivity contribution in [3.05, 3.63) is 95.1 Å². The van der Waals surface area contributed by atoms with Gasteiger partial charge in [0, 0.05) is 11.3 Å². The Bertz CT molecular complexity index is 1180. The van der Waals surface area contributed by atoms with Crippen LogP contribution in [0.2, 0.25) is 0 Å². The molecule has 3 aromatic rings. The van der Waals surface area contributed by atoms with Gasteiger partial charge < -0.3 is 19.9 Å². The molecule has 0 heterocycles. The van der Waals surface area contributed by atoms with Gasteiger partial charge in [0.2, 0.25) is 0 Å². The molecule has 1 amide bonds. The van der Waals surface area contributed by atoms with Crippen LogP contribution in [0, 0.1) is 11.3 Å². The number of rotatable bonds is 8. The number of hydrogen-bond acceptors (Lipinski definition) is 5. The highest BCUT2D eigenvalue weighted by atomic mass is 16.5. The average Bonchev–Trinajstić information content (AvgIpc) is 2.82. The lowest BCUT2D eigenvalue weighted by Crippen LogP contribution is -2.13. The molecule has 7 nitrogen and oxygen atoms in total. The van der Waals surface area contributed by atoms with Gasteiger partial charge in [0.15, 0.2) is 11.5 Å². The van der Waals surface area contributed by atoms with Crippen LogP contribution in [0.1, 0.15) is 21.5 Å². The molecule has 0 aliphatic rings. The number of carboxylic acid groups (broad SMARTS) is 1. The number of hydrogen-bond donors (Lipinski definition) is 2. The number of para-hydroxylation sites is 2. The van der Waals surface area contributed by atoms with E-state index in [4.69, 9.17) is 14.6 Å². The molecule has 3 aromatic carbocycles. The normalized spacial score (nSPS) is 10.7. The minimum atomic E-state index is -1.01. The summed E-state index contributed by atoms with van der Waals surface area (Å²) in [6, 6.07) is 22.2. The third kappa shape index (κ3) is 5.52. The van der Waals surface area contributed by atoms with Crippen molar-refractivity contribution in [2.45, 2.75) is 6.61 Å². The van der Waals surface area contributed by atoms with Crippen molar-refractivity contribution in [3.63, 3.8) is 0 Å². The highest BCUT2D eigenvalue weighted by molar-refractivity contribution is 6.09. The molecule has 160 valence electrons. The Hall–Kier alpha value is -4.57. The summed E-state index contributed by atoms with van der Waals surface area (Å²) >= 11 is 0. The lowest BCUT2D eigenvalue weighted by molar-refractivity contribution is -0.112. The number of ether oxygens (including phenoxy) is 2. The molecular formula is C25H20N2O5. The minimum absolute atomic E-state index is 0.0993. The smallest absolute Gasteiger partial charge is 0.335 e. The van der Waals surface area contributed by atoms with Crippen molar-refractivity contribution < 1.29 is 24.2 Å². The number of carbonyl (C=O) groups excluding carboxylic acids is 1. The van der Waals surface area contributed by atoms with Gasteiger partial charge in [0.1, 0.15) is 18.2 Å². The molecule has 0 aliphatic carbocycles. The molecule has 0 spiro atoms. The first-order valence-electron chi connectivity index (χ1n) is 9.62. The highest BCUT2D eigenvalue weighted by Gasteiger charge is 2.14. The maximum atomic E-state index is 12.6. The van der Waals surface area contributed by atoms with Gasteiger partial charge in [-0.3, -0.25) is 4.79 Å². The van der Waals surface area contributed by atoms with Crippen molar-refractivity contribution in [1.29, 1.82) is 5.26 Å². The van der Waals surface area contributed by atoms with Crippen LogP contribution in [-0.2, 0) is 11.4 Å². The van der Waals surface area contributed by atoms with Crippen LogP contribution in [0.25, 0.3) is 6.08 Å². The Morgan fingerprint density at radius 2 is 1.75 bits per heavy atom. The molecule has 7 heteroatoms. The van der Waals surface area contributed by atoms with Crippen molar-refractivity contribution in [1.82, 2.24) is 0 Å². The zero-order valence-electron chi connectivity index (χ0n) is 17.2. The molecule has 32 heavy (non-hydrogen) atoms. The van der Waals surface area contributed by atoms with Crippen LogP contribution in [0.15, 0.2) is 78.4 Å². The molecule has 0 unspecified atom stereocenters. The second-order valence-corrected chi connectivity index (χ2v) is 6.66. The Morgan fingerprint density at radius 1 is 1.03 bits per heavy atom.